The van der Waals surface area contributed by atoms with Gasteiger partial charge in [0.05, 0.1) is 12.6 Å². The third-order valence-electron chi connectivity index (χ3n) is 3.12. The molecule has 1 aliphatic rings. The lowest BCUT2D eigenvalue weighted by atomic mass is 10.3. The lowest BCUT2D eigenvalue weighted by Crippen LogP contribution is -2.20. The van der Waals surface area contributed by atoms with Crippen LogP contribution in [0.5, 0.6) is 0 Å². The SMILES string of the molecule is CC(C)PN(PC(C)C)S(=O)(=O)c1ccn(C2CCOC2)n1. The summed E-state index contributed by atoms with van der Waals surface area (Å²) in [6.07, 6.45) is 2.63. The van der Waals surface area contributed by atoms with Gasteiger partial charge in [0.25, 0.3) is 10.0 Å². The highest BCUT2D eigenvalue weighted by Gasteiger charge is 2.29. The second kappa shape index (κ2) is 7.67. The zero-order chi connectivity index (χ0) is 16.3. The molecule has 0 aromatic carbocycles. The van der Waals surface area contributed by atoms with Crippen LogP contribution in [0.15, 0.2) is 17.3 Å². The molecular weight excluding hydrogens is 340 g/mol. The number of hydrogen-bond donors (Lipinski definition) is 0. The van der Waals surface area contributed by atoms with Crippen LogP contribution >= 0.6 is 17.5 Å². The van der Waals surface area contributed by atoms with Gasteiger partial charge in [-0.05, 0) is 41.3 Å². The van der Waals surface area contributed by atoms with Gasteiger partial charge in [-0.1, -0.05) is 27.7 Å². The van der Waals surface area contributed by atoms with Crippen LogP contribution in [0.25, 0.3) is 0 Å². The van der Waals surface area contributed by atoms with Gasteiger partial charge in [0.2, 0.25) is 0 Å². The molecule has 22 heavy (non-hydrogen) atoms. The smallest absolute Gasteiger partial charge is 0.268 e. The van der Waals surface area contributed by atoms with Crippen LogP contribution in [0.2, 0.25) is 0 Å². The molecule has 9 heteroatoms. The maximum Gasteiger partial charge on any atom is 0.268 e. The standard InChI is InChI=1S/C13H25N3O3P2S/c1-10(2)20-16(21-11(3)4)22(17,18)13-5-7-15(14-13)12-6-8-19-9-12/h5,7,10-12,20-21H,6,8-9H2,1-4H3. The van der Waals surface area contributed by atoms with Crippen molar-refractivity contribution in [3.05, 3.63) is 12.3 Å². The van der Waals surface area contributed by atoms with Gasteiger partial charge in [-0.25, -0.2) is 8.42 Å². The Balaban J connectivity index is 2.22. The first kappa shape index (κ1) is 18.3. The molecule has 1 aromatic rings. The maximum atomic E-state index is 12.9. The molecule has 1 aromatic heterocycles. The Hall–Kier alpha value is -0.0600. The van der Waals surface area contributed by atoms with E-state index in [4.69, 9.17) is 4.74 Å². The van der Waals surface area contributed by atoms with Gasteiger partial charge >= 0.3 is 0 Å². The molecule has 0 amide bonds. The lowest BCUT2D eigenvalue weighted by Gasteiger charge is -2.24. The highest BCUT2D eigenvalue weighted by molar-refractivity contribution is 7.97. The molecule has 0 bridgehead atoms. The summed E-state index contributed by atoms with van der Waals surface area (Å²) in [7, 11) is -3.01. The Morgan fingerprint density at radius 1 is 1.32 bits per heavy atom. The number of hydrogen-bond acceptors (Lipinski definition) is 4. The Kier molecular flexibility index (Phi) is 6.38. The average molecular weight is 365 g/mol. The van der Waals surface area contributed by atoms with E-state index < -0.39 is 10.0 Å². The molecule has 0 radical (unpaired) electrons. The van der Waals surface area contributed by atoms with Crippen molar-refractivity contribution in [1.82, 2.24) is 13.6 Å². The Bertz CT molecular complexity index is 573. The van der Waals surface area contributed by atoms with Crippen molar-refractivity contribution < 1.29 is 13.2 Å². The van der Waals surface area contributed by atoms with Crippen molar-refractivity contribution >= 4 is 27.5 Å². The van der Waals surface area contributed by atoms with Gasteiger partial charge in [0.1, 0.15) is 0 Å². The fourth-order valence-electron chi connectivity index (χ4n) is 2.13. The predicted molar refractivity (Wildman–Crippen MR) is 92.6 cm³/mol. The monoisotopic (exact) mass is 365 g/mol. The van der Waals surface area contributed by atoms with Crippen molar-refractivity contribution in [2.24, 2.45) is 0 Å². The molecule has 1 fully saturated rings. The average Bonchev–Trinajstić information content (AvgIpc) is 3.08. The molecule has 6 nitrogen and oxygen atoms in total. The number of nitrogens with zero attached hydrogens (tertiary/aromatic N) is 3. The van der Waals surface area contributed by atoms with Crippen LogP contribution in [0.3, 0.4) is 0 Å². The summed E-state index contributed by atoms with van der Waals surface area (Å²) >= 11 is 0. The third kappa shape index (κ3) is 4.48. The molecule has 2 rings (SSSR count). The molecule has 0 saturated carbocycles. The summed E-state index contributed by atoms with van der Waals surface area (Å²) in [6, 6.07) is 1.76. The molecule has 0 spiro atoms. The molecule has 1 aliphatic heterocycles. The fourth-order valence-corrected chi connectivity index (χ4v) is 8.47. The van der Waals surface area contributed by atoms with E-state index >= 15 is 0 Å². The van der Waals surface area contributed by atoms with Gasteiger partial charge in [-0.2, -0.15) is 8.94 Å². The first-order valence-electron chi connectivity index (χ1n) is 7.51. The zero-order valence-electron chi connectivity index (χ0n) is 13.5. The topological polar surface area (TPSA) is 64.4 Å². The fraction of sp³-hybridized carbons (Fsp3) is 0.769. The Morgan fingerprint density at radius 3 is 2.45 bits per heavy atom. The van der Waals surface area contributed by atoms with Crippen molar-refractivity contribution in [3.63, 3.8) is 0 Å². The van der Waals surface area contributed by atoms with E-state index in [1.54, 1.807) is 20.8 Å². The van der Waals surface area contributed by atoms with Crippen LogP contribution in [-0.4, -0.2) is 46.6 Å². The van der Waals surface area contributed by atoms with Gasteiger partial charge in [0, 0.05) is 12.8 Å². The second-order valence-corrected chi connectivity index (χ2v) is 12.5. The van der Waals surface area contributed by atoms with E-state index in [2.05, 4.69) is 5.10 Å². The summed E-state index contributed by atoms with van der Waals surface area (Å²) in [5.41, 5.74) is 0.623. The quantitative estimate of drug-likeness (QED) is 0.697. The summed E-state index contributed by atoms with van der Waals surface area (Å²) in [5.74, 6) is 0. The molecular formula is C13H25N3O3P2S. The van der Waals surface area contributed by atoms with E-state index in [9.17, 15) is 8.42 Å². The molecule has 0 aliphatic carbocycles. The zero-order valence-corrected chi connectivity index (χ0v) is 16.3. The van der Waals surface area contributed by atoms with Gasteiger partial charge < -0.3 is 4.74 Å². The Morgan fingerprint density at radius 2 is 1.95 bits per heavy atom. The lowest BCUT2D eigenvalue weighted by molar-refractivity contribution is 0.184. The van der Waals surface area contributed by atoms with Gasteiger partial charge in [-0.15, -0.1) is 0 Å². The minimum Gasteiger partial charge on any atom is -0.379 e. The molecule has 3 unspecified atom stereocenters. The largest absolute Gasteiger partial charge is 0.379 e. The van der Waals surface area contributed by atoms with E-state index in [0.717, 1.165) is 6.42 Å². The third-order valence-corrected chi connectivity index (χ3v) is 8.70. The second-order valence-electron chi connectivity index (χ2n) is 5.99. The van der Waals surface area contributed by atoms with Gasteiger partial charge in [0.15, 0.2) is 5.03 Å². The first-order valence-corrected chi connectivity index (χ1v) is 11.0. The highest BCUT2D eigenvalue weighted by atomic mass is 32.2. The van der Waals surface area contributed by atoms with Crippen LogP contribution in [0, 0.1) is 0 Å². The Labute approximate surface area is 136 Å². The molecule has 0 N–H and O–H groups in total. The van der Waals surface area contributed by atoms with Crippen molar-refractivity contribution in [3.8, 4) is 0 Å². The van der Waals surface area contributed by atoms with Crippen LogP contribution in [0.4, 0.5) is 0 Å². The number of rotatable bonds is 7. The molecule has 126 valence electrons. The molecule has 1 saturated heterocycles. The normalized spacial score (nSPS) is 20.8. The minimum atomic E-state index is -3.51. The number of ether oxygens (including phenoxy) is 1. The van der Waals surface area contributed by atoms with Gasteiger partial charge in [-0.3, -0.25) is 4.68 Å². The van der Waals surface area contributed by atoms with E-state index in [1.807, 2.05) is 27.7 Å². The number of aromatic nitrogens is 2. The van der Waals surface area contributed by atoms with E-state index in [0.29, 0.717) is 24.5 Å². The summed E-state index contributed by atoms with van der Waals surface area (Å²) in [6.45, 7) is 9.48. The van der Waals surface area contributed by atoms with Crippen LogP contribution in [-0.2, 0) is 14.8 Å². The van der Waals surface area contributed by atoms with Crippen molar-refractivity contribution in [2.45, 2.75) is 56.5 Å². The van der Waals surface area contributed by atoms with Crippen LogP contribution < -0.4 is 0 Å². The maximum absolute atomic E-state index is 12.9. The minimum absolute atomic E-state index is 0.150. The molecule has 2 heterocycles. The molecule has 3 atom stereocenters. The van der Waals surface area contributed by atoms with Crippen LogP contribution in [0.1, 0.15) is 40.2 Å². The predicted octanol–water partition coefficient (Wildman–Crippen LogP) is 2.84. The highest BCUT2D eigenvalue weighted by Crippen LogP contribution is 2.43. The number of sulfonamides is 1. The summed E-state index contributed by atoms with van der Waals surface area (Å²) < 4.78 is 34.4. The van der Waals surface area contributed by atoms with Crippen molar-refractivity contribution in [1.29, 1.82) is 0 Å². The summed E-state index contributed by atoms with van der Waals surface area (Å²) in [5, 5.41) is 4.47. The first-order chi connectivity index (χ1) is 10.3. The van der Waals surface area contributed by atoms with Crippen molar-refractivity contribution in [2.75, 3.05) is 13.2 Å². The van der Waals surface area contributed by atoms with E-state index in [1.165, 1.54) is 0 Å². The summed E-state index contributed by atoms with van der Waals surface area (Å²) in [4.78, 5) is 0. The van der Waals surface area contributed by atoms with E-state index in [-0.39, 0.29) is 28.5 Å².